The van der Waals surface area contributed by atoms with Crippen molar-refractivity contribution in [1.29, 1.82) is 0 Å². The van der Waals surface area contributed by atoms with E-state index in [1.54, 1.807) is 0 Å². The van der Waals surface area contributed by atoms with Gasteiger partial charge in [-0.15, -0.1) is 0 Å². The normalized spacial score (nSPS) is 11.0. The summed E-state index contributed by atoms with van der Waals surface area (Å²) in [6.07, 6.45) is 1.57. The third-order valence-corrected chi connectivity index (χ3v) is 3.11. The van der Waals surface area contributed by atoms with Crippen molar-refractivity contribution in [3.63, 3.8) is 0 Å². The Morgan fingerprint density at radius 3 is 2.59 bits per heavy atom. The van der Waals surface area contributed by atoms with Crippen LogP contribution < -0.4 is 15.8 Å². The number of carboxylic acid groups (broad SMARTS) is 1. The number of nitrogens with two attached hydrogens (primary N) is 1. The van der Waals surface area contributed by atoms with Crippen LogP contribution in [0.4, 0.5) is 0 Å². The second-order valence-corrected chi connectivity index (χ2v) is 4.81. The van der Waals surface area contributed by atoms with Crippen molar-refractivity contribution in [2.24, 2.45) is 5.73 Å². The molecule has 0 aromatic heterocycles. The monoisotopic (exact) mass is 324 g/mol. The van der Waals surface area contributed by atoms with Crippen molar-refractivity contribution in [3.05, 3.63) is 41.6 Å². The topological polar surface area (TPSA) is 102 Å². The van der Waals surface area contributed by atoms with Gasteiger partial charge in [0.25, 0.3) is 5.91 Å². The number of amides is 1. The summed E-state index contributed by atoms with van der Waals surface area (Å²) in [6.45, 7) is 0.620. The molecule has 120 valence electrons. The molecule has 0 aliphatic heterocycles. The summed E-state index contributed by atoms with van der Waals surface area (Å²) < 4.78 is 5.47. The van der Waals surface area contributed by atoms with Gasteiger partial charge in [-0.1, -0.05) is 18.2 Å². The third kappa shape index (κ3) is 7.03. The van der Waals surface area contributed by atoms with E-state index in [1.165, 1.54) is 6.08 Å². The first-order valence-electron chi connectivity index (χ1n) is 6.81. The van der Waals surface area contributed by atoms with Crippen LogP contribution in [0.1, 0.15) is 18.4 Å². The van der Waals surface area contributed by atoms with Gasteiger partial charge in [0, 0.05) is 12.2 Å². The first-order chi connectivity index (χ1) is 10.5. The van der Waals surface area contributed by atoms with Crippen molar-refractivity contribution in [1.82, 2.24) is 5.32 Å². The van der Waals surface area contributed by atoms with Crippen LogP contribution in [0.15, 0.2) is 36.0 Å². The van der Waals surface area contributed by atoms with Crippen LogP contribution in [0, 0.1) is 0 Å². The van der Waals surface area contributed by atoms with Crippen molar-refractivity contribution in [2.75, 3.05) is 13.2 Å². The highest BCUT2D eigenvalue weighted by atomic mass is 32.1. The molecule has 1 amide bonds. The van der Waals surface area contributed by atoms with Crippen LogP contribution in [0.25, 0.3) is 0 Å². The fourth-order valence-electron chi connectivity index (χ4n) is 1.57. The molecule has 0 unspecified atom stereocenters. The fourth-order valence-corrected chi connectivity index (χ4v) is 1.78. The van der Waals surface area contributed by atoms with E-state index in [-0.39, 0.29) is 18.5 Å². The van der Waals surface area contributed by atoms with Crippen molar-refractivity contribution < 1.29 is 19.4 Å². The van der Waals surface area contributed by atoms with E-state index in [0.29, 0.717) is 24.7 Å². The maximum absolute atomic E-state index is 11.6. The minimum Gasteiger partial charge on any atom is -0.492 e. The molecule has 0 saturated carbocycles. The molecule has 0 atom stereocenters. The van der Waals surface area contributed by atoms with Crippen LogP contribution in [-0.4, -0.2) is 30.1 Å². The predicted molar refractivity (Wildman–Crippen MR) is 86.8 cm³/mol. The molecular formula is C15H20N2O4S. The standard InChI is InChI=1S/C15H20N2O4S/c16-13(2-1-3-14(18)19)15(20)17-8-9-21-12-6-4-11(10-22)5-7-12/h2,4-7,22H,1,3,8-10,16H2,(H,17,20)(H,18,19). The summed E-state index contributed by atoms with van der Waals surface area (Å²) in [5, 5.41) is 11.1. The van der Waals surface area contributed by atoms with E-state index in [9.17, 15) is 9.59 Å². The lowest BCUT2D eigenvalue weighted by molar-refractivity contribution is -0.137. The molecule has 1 rings (SSSR count). The maximum atomic E-state index is 11.6. The van der Waals surface area contributed by atoms with Gasteiger partial charge in [0.1, 0.15) is 12.4 Å². The molecule has 22 heavy (non-hydrogen) atoms. The molecule has 4 N–H and O–H groups in total. The van der Waals surface area contributed by atoms with E-state index in [4.69, 9.17) is 15.6 Å². The van der Waals surface area contributed by atoms with Crippen LogP contribution in [0.2, 0.25) is 0 Å². The van der Waals surface area contributed by atoms with Gasteiger partial charge in [0.15, 0.2) is 0 Å². The van der Waals surface area contributed by atoms with Gasteiger partial charge < -0.3 is 20.9 Å². The zero-order valence-electron chi connectivity index (χ0n) is 12.1. The van der Waals surface area contributed by atoms with E-state index in [2.05, 4.69) is 17.9 Å². The van der Waals surface area contributed by atoms with Crippen LogP contribution in [0.5, 0.6) is 5.75 Å². The van der Waals surface area contributed by atoms with Crippen molar-refractivity contribution in [3.8, 4) is 5.75 Å². The zero-order chi connectivity index (χ0) is 16.4. The molecular weight excluding hydrogens is 304 g/mol. The first-order valence-corrected chi connectivity index (χ1v) is 7.44. The molecule has 0 saturated heterocycles. The van der Waals surface area contributed by atoms with Gasteiger partial charge in [-0.25, -0.2) is 0 Å². The number of aliphatic carboxylic acids is 1. The molecule has 0 bridgehead atoms. The smallest absolute Gasteiger partial charge is 0.303 e. The Balaban J connectivity index is 2.25. The molecule has 1 aromatic carbocycles. The first kappa shape index (κ1) is 17.9. The average molecular weight is 324 g/mol. The number of ether oxygens (including phenoxy) is 1. The molecule has 0 radical (unpaired) electrons. The molecule has 7 heteroatoms. The molecule has 0 heterocycles. The quantitative estimate of drug-likeness (QED) is 0.312. The van der Waals surface area contributed by atoms with Gasteiger partial charge in [-0.05, 0) is 24.1 Å². The molecule has 0 fully saturated rings. The van der Waals surface area contributed by atoms with Gasteiger partial charge in [0.05, 0.1) is 12.2 Å². The van der Waals surface area contributed by atoms with Gasteiger partial charge in [-0.3, -0.25) is 9.59 Å². The number of hydrogen-bond acceptors (Lipinski definition) is 5. The second kappa shape index (κ2) is 9.73. The summed E-state index contributed by atoms with van der Waals surface area (Å²) in [5.74, 6) is 0.0232. The Morgan fingerprint density at radius 1 is 1.32 bits per heavy atom. The number of benzene rings is 1. The number of nitrogens with one attached hydrogen (secondary N) is 1. The second-order valence-electron chi connectivity index (χ2n) is 4.50. The number of hydrogen-bond donors (Lipinski definition) is 4. The highest BCUT2D eigenvalue weighted by molar-refractivity contribution is 7.79. The lowest BCUT2D eigenvalue weighted by Crippen LogP contribution is -2.32. The van der Waals surface area contributed by atoms with Crippen LogP contribution >= 0.6 is 12.6 Å². The SMILES string of the molecule is NC(=CCCC(=O)O)C(=O)NCCOc1ccc(CS)cc1. The molecule has 6 nitrogen and oxygen atoms in total. The Hall–Kier alpha value is -2.15. The van der Waals surface area contributed by atoms with Crippen molar-refractivity contribution >= 4 is 24.5 Å². The van der Waals surface area contributed by atoms with Gasteiger partial charge in [0.2, 0.25) is 0 Å². The van der Waals surface area contributed by atoms with Gasteiger partial charge >= 0.3 is 5.97 Å². The van der Waals surface area contributed by atoms with Crippen LogP contribution in [0.3, 0.4) is 0 Å². The molecule has 0 spiro atoms. The minimum atomic E-state index is -0.929. The average Bonchev–Trinajstić information content (AvgIpc) is 2.51. The molecule has 0 aliphatic carbocycles. The third-order valence-electron chi connectivity index (χ3n) is 2.75. The van der Waals surface area contributed by atoms with Crippen molar-refractivity contribution in [2.45, 2.75) is 18.6 Å². The number of carbonyl (C=O) groups excluding carboxylic acids is 1. The molecule has 1 aromatic rings. The van der Waals surface area contributed by atoms with E-state index < -0.39 is 11.9 Å². The predicted octanol–water partition coefficient (Wildman–Crippen LogP) is 1.32. The largest absolute Gasteiger partial charge is 0.492 e. The summed E-state index contributed by atoms with van der Waals surface area (Å²) in [7, 11) is 0. The lowest BCUT2D eigenvalue weighted by atomic mass is 10.2. The van der Waals surface area contributed by atoms with E-state index in [0.717, 1.165) is 5.56 Å². The Kier molecular flexibility index (Phi) is 7.91. The van der Waals surface area contributed by atoms with Gasteiger partial charge in [-0.2, -0.15) is 12.6 Å². The van der Waals surface area contributed by atoms with Crippen LogP contribution in [-0.2, 0) is 15.3 Å². The maximum Gasteiger partial charge on any atom is 0.303 e. The number of rotatable bonds is 9. The number of allylic oxidation sites excluding steroid dienone is 1. The summed E-state index contributed by atoms with van der Waals surface area (Å²) in [5.41, 5.74) is 6.65. The Labute approximate surface area is 134 Å². The highest BCUT2D eigenvalue weighted by Crippen LogP contribution is 2.12. The number of carboxylic acids is 1. The highest BCUT2D eigenvalue weighted by Gasteiger charge is 2.04. The molecule has 0 aliphatic rings. The summed E-state index contributed by atoms with van der Waals surface area (Å²) in [4.78, 5) is 21.9. The lowest BCUT2D eigenvalue weighted by Gasteiger charge is -2.08. The summed E-state index contributed by atoms with van der Waals surface area (Å²) >= 11 is 4.17. The zero-order valence-corrected chi connectivity index (χ0v) is 13.0. The van der Waals surface area contributed by atoms with E-state index >= 15 is 0 Å². The van der Waals surface area contributed by atoms with E-state index in [1.807, 2.05) is 24.3 Å². The summed E-state index contributed by atoms with van der Waals surface area (Å²) in [6, 6.07) is 7.52. The number of thiol groups is 1. The Bertz CT molecular complexity index is 529. The Morgan fingerprint density at radius 2 is 2.00 bits per heavy atom. The fraction of sp³-hybridized carbons (Fsp3) is 0.333. The minimum absolute atomic E-state index is 0.0133. The number of carbonyl (C=O) groups is 2.